The summed E-state index contributed by atoms with van der Waals surface area (Å²) in [5.41, 5.74) is 6.54. The predicted octanol–water partition coefficient (Wildman–Crippen LogP) is 5.70. The van der Waals surface area contributed by atoms with E-state index in [4.69, 9.17) is 4.99 Å². The highest BCUT2D eigenvalue weighted by Crippen LogP contribution is 2.32. The number of aromatic amines is 1. The summed E-state index contributed by atoms with van der Waals surface area (Å²) in [4.78, 5) is 10.8. The average Bonchev–Trinajstić information content (AvgIpc) is 3.20. The molecule has 4 nitrogen and oxygen atoms in total. The van der Waals surface area contributed by atoms with Crippen LogP contribution < -0.4 is 5.32 Å². The van der Waals surface area contributed by atoms with E-state index in [0.717, 1.165) is 78.8 Å². The number of aryl methyl sites for hydroxylation is 1. The maximum Gasteiger partial charge on any atom is 0.125 e. The number of H-pyrrole nitrogens is 1. The molecule has 0 aliphatic carbocycles. The fourth-order valence-corrected chi connectivity index (χ4v) is 4.30. The van der Waals surface area contributed by atoms with E-state index < -0.39 is 0 Å². The Kier molecular flexibility index (Phi) is 6.83. The van der Waals surface area contributed by atoms with E-state index in [9.17, 15) is 4.39 Å². The van der Waals surface area contributed by atoms with Crippen molar-refractivity contribution in [3.63, 3.8) is 0 Å². The standard InChI is InChI=1S/C26H33FN4/c1-4-18(2)25(9-12-31-13-10-28-11-14-31)30-24-8-5-20(15-19(24)3)23-17-29-26-16-21(27)6-7-22(23)26/h5-8,15-18,28-29H,4,9-14H2,1-3H3. The summed E-state index contributed by atoms with van der Waals surface area (Å²) in [6.45, 7) is 12.1. The lowest BCUT2D eigenvalue weighted by Gasteiger charge is -2.28. The lowest BCUT2D eigenvalue weighted by molar-refractivity contribution is 0.246. The Hall–Kier alpha value is -2.50. The SMILES string of the molecule is CCC(C)C(CCN1CCNCC1)=Nc1ccc(-c2c[nH]c3cc(F)ccc23)cc1C. The zero-order valence-electron chi connectivity index (χ0n) is 18.8. The number of nitrogens with one attached hydrogen (secondary N) is 2. The Balaban J connectivity index is 1.57. The number of rotatable bonds is 7. The maximum atomic E-state index is 13.5. The Morgan fingerprint density at radius 1 is 1.16 bits per heavy atom. The van der Waals surface area contributed by atoms with E-state index in [0.29, 0.717) is 5.92 Å². The molecule has 1 unspecified atom stereocenters. The van der Waals surface area contributed by atoms with Crippen molar-refractivity contribution in [2.75, 3.05) is 32.7 Å². The number of fused-ring (bicyclic) bond motifs is 1. The van der Waals surface area contributed by atoms with Crippen LogP contribution in [0.1, 0.15) is 32.3 Å². The van der Waals surface area contributed by atoms with Gasteiger partial charge in [0.2, 0.25) is 0 Å². The highest BCUT2D eigenvalue weighted by molar-refractivity contribution is 5.96. The second-order valence-corrected chi connectivity index (χ2v) is 8.65. The average molecular weight is 421 g/mol. The maximum absolute atomic E-state index is 13.5. The van der Waals surface area contributed by atoms with Crippen molar-refractivity contribution in [3.8, 4) is 11.1 Å². The molecule has 164 valence electrons. The largest absolute Gasteiger partial charge is 0.360 e. The summed E-state index contributed by atoms with van der Waals surface area (Å²) in [6, 6.07) is 11.3. The molecule has 1 fully saturated rings. The molecule has 5 heteroatoms. The van der Waals surface area contributed by atoms with Crippen LogP contribution in [0.2, 0.25) is 0 Å². The second kappa shape index (κ2) is 9.75. The molecule has 2 aromatic carbocycles. The molecule has 1 saturated heterocycles. The minimum absolute atomic E-state index is 0.222. The van der Waals surface area contributed by atoms with Crippen molar-refractivity contribution in [2.45, 2.75) is 33.6 Å². The van der Waals surface area contributed by atoms with Crippen LogP contribution in [0, 0.1) is 18.7 Å². The predicted molar refractivity (Wildman–Crippen MR) is 129 cm³/mol. The molecular formula is C26H33FN4. The highest BCUT2D eigenvalue weighted by atomic mass is 19.1. The Morgan fingerprint density at radius 2 is 1.97 bits per heavy atom. The molecule has 1 aromatic heterocycles. The van der Waals surface area contributed by atoms with Crippen molar-refractivity contribution < 1.29 is 4.39 Å². The third-order valence-electron chi connectivity index (χ3n) is 6.49. The quantitative estimate of drug-likeness (QED) is 0.482. The minimum atomic E-state index is -0.222. The van der Waals surface area contributed by atoms with Gasteiger partial charge in [-0.05, 0) is 67.1 Å². The van der Waals surface area contributed by atoms with Crippen LogP contribution in [0.5, 0.6) is 0 Å². The molecule has 0 radical (unpaired) electrons. The van der Waals surface area contributed by atoms with Gasteiger partial charge in [0.25, 0.3) is 0 Å². The number of nitrogens with zero attached hydrogens (tertiary/aromatic N) is 2. The zero-order valence-corrected chi connectivity index (χ0v) is 18.8. The fourth-order valence-electron chi connectivity index (χ4n) is 4.30. The van der Waals surface area contributed by atoms with Crippen LogP contribution in [0.4, 0.5) is 10.1 Å². The van der Waals surface area contributed by atoms with Crippen molar-refractivity contribution in [3.05, 3.63) is 54.0 Å². The molecule has 0 spiro atoms. The first kappa shape index (κ1) is 21.7. The van der Waals surface area contributed by atoms with E-state index in [1.165, 1.54) is 11.8 Å². The number of hydrogen-bond acceptors (Lipinski definition) is 3. The lowest BCUT2D eigenvalue weighted by Crippen LogP contribution is -2.44. The molecule has 2 N–H and O–H groups in total. The number of aromatic nitrogens is 1. The van der Waals surface area contributed by atoms with Gasteiger partial charge in [-0.1, -0.05) is 19.9 Å². The first-order valence-electron chi connectivity index (χ1n) is 11.4. The van der Waals surface area contributed by atoms with Crippen LogP contribution in [0.25, 0.3) is 22.0 Å². The Morgan fingerprint density at radius 3 is 2.71 bits per heavy atom. The van der Waals surface area contributed by atoms with E-state index in [1.807, 2.05) is 12.3 Å². The molecule has 1 aliphatic heterocycles. The third-order valence-corrected chi connectivity index (χ3v) is 6.49. The molecule has 3 aromatic rings. The smallest absolute Gasteiger partial charge is 0.125 e. The van der Waals surface area contributed by atoms with Gasteiger partial charge in [-0.25, -0.2) is 4.39 Å². The van der Waals surface area contributed by atoms with E-state index in [1.54, 1.807) is 6.07 Å². The van der Waals surface area contributed by atoms with Crippen LogP contribution in [-0.4, -0.2) is 48.3 Å². The number of halogens is 1. The van der Waals surface area contributed by atoms with Gasteiger partial charge in [0.05, 0.1) is 5.69 Å². The van der Waals surface area contributed by atoms with E-state index in [-0.39, 0.29) is 5.82 Å². The molecule has 1 aliphatic rings. The fraction of sp³-hybridized carbons (Fsp3) is 0.423. The zero-order chi connectivity index (χ0) is 21.8. The van der Waals surface area contributed by atoms with Crippen LogP contribution >= 0.6 is 0 Å². The molecule has 31 heavy (non-hydrogen) atoms. The van der Waals surface area contributed by atoms with Crippen molar-refractivity contribution in [1.29, 1.82) is 0 Å². The first-order chi connectivity index (χ1) is 15.0. The first-order valence-corrected chi connectivity index (χ1v) is 11.4. The summed E-state index contributed by atoms with van der Waals surface area (Å²) < 4.78 is 13.5. The minimum Gasteiger partial charge on any atom is -0.360 e. The van der Waals surface area contributed by atoms with Gasteiger partial charge in [-0.3, -0.25) is 4.99 Å². The lowest BCUT2D eigenvalue weighted by atomic mass is 9.98. The monoisotopic (exact) mass is 420 g/mol. The summed E-state index contributed by atoms with van der Waals surface area (Å²) in [6.07, 6.45) is 4.08. The topological polar surface area (TPSA) is 43.4 Å². The number of piperazine rings is 1. The molecular weight excluding hydrogens is 387 g/mol. The molecule has 2 heterocycles. The molecule has 0 saturated carbocycles. The number of hydrogen-bond donors (Lipinski definition) is 2. The van der Waals surface area contributed by atoms with E-state index >= 15 is 0 Å². The summed E-state index contributed by atoms with van der Waals surface area (Å²) in [5, 5.41) is 4.46. The molecule has 4 rings (SSSR count). The Bertz CT molecular complexity index is 1060. The van der Waals surface area contributed by atoms with Crippen LogP contribution in [0.15, 0.2) is 47.6 Å². The molecule has 0 amide bonds. The van der Waals surface area contributed by atoms with Gasteiger partial charge in [-0.2, -0.15) is 0 Å². The van der Waals surface area contributed by atoms with Crippen LogP contribution in [0.3, 0.4) is 0 Å². The summed E-state index contributed by atoms with van der Waals surface area (Å²) in [7, 11) is 0. The van der Waals surface area contributed by atoms with Gasteiger partial charge < -0.3 is 15.2 Å². The second-order valence-electron chi connectivity index (χ2n) is 8.65. The van der Waals surface area contributed by atoms with Gasteiger partial charge in [0.1, 0.15) is 5.82 Å². The normalized spacial score (nSPS) is 16.7. The van der Waals surface area contributed by atoms with Crippen molar-refractivity contribution in [2.24, 2.45) is 10.9 Å². The highest BCUT2D eigenvalue weighted by Gasteiger charge is 2.15. The summed E-state index contributed by atoms with van der Waals surface area (Å²) >= 11 is 0. The van der Waals surface area contributed by atoms with Gasteiger partial charge in [0, 0.05) is 61.1 Å². The van der Waals surface area contributed by atoms with Gasteiger partial charge in [-0.15, -0.1) is 0 Å². The van der Waals surface area contributed by atoms with Gasteiger partial charge >= 0.3 is 0 Å². The Labute approximate surface area is 184 Å². The molecule has 1 atom stereocenters. The van der Waals surface area contributed by atoms with Gasteiger partial charge in [0.15, 0.2) is 0 Å². The van der Waals surface area contributed by atoms with E-state index in [2.05, 4.69) is 54.2 Å². The number of benzene rings is 2. The third kappa shape index (κ3) is 5.05. The van der Waals surface area contributed by atoms with Crippen molar-refractivity contribution in [1.82, 2.24) is 15.2 Å². The molecule has 0 bridgehead atoms. The van der Waals surface area contributed by atoms with Crippen LogP contribution in [-0.2, 0) is 0 Å². The summed E-state index contributed by atoms with van der Waals surface area (Å²) in [5.74, 6) is 0.255. The van der Waals surface area contributed by atoms with Crippen molar-refractivity contribution >= 4 is 22.3 Å². The number of aliphatic imine (C=N–C) groups is 1.